The molecule has 0 aliphatic carbocycles. The van der Waals surface area contributed by atoms with Crippen molar-refractivity contribution in [1.29, 1.82) is 0 Å². The molecule has 4 aromatic rings. The molecule has 0 saturated carbocycles. The zero-order valence-electron chi connectivity index (χ0n) is 19.8. The molecule has 1 aliphatic heterocycles. The molecule has 5 rings (SSSR count). The summed E-state index contributed by atoms with van der Waals surface area (Å²) in [5.74, 6) is 0.689. The van der Waals surface area contributed by atoms with Gasteiger partial charge < -0.3 is 14.8 Å². The van der Waals surface area contributed by atoms with Crippen LogP contribution in [0.3, 0.4) is 0 Å². The molecular formula is C25H21N5O5S2. The topological polar surface area (TPSA) is 136 Å². The van der Waals surface area contributed by atoms with Crippen LogP contribution in [0.2, 0.25) is 0 Å². The fraction of sp³-hybridized carbons (Fsp3) is 0.120. The Bertz CT molecular complexity index is 1580. The summed E-state index contributed by atoms with van der Waals surface area (Å²) in [5, 5.41) is 16.7. The molecule has 188 valence electrons. The number of methoxy groups -OCH3 is 2. The number of amides is 1. The molecule has 10 nitrogen and oxygen atoms in total. The summed E-state index contributed by atoms with van der Waals surface area (Å²) < 4.78 is 37.2. The Morgan fingerprint density at radius 2 is 1.73 bits per heavy atom. The van der Waals surface area contributed by atoms with Crippen LogP contribution in [0.5, 0.6) is 11.5 Å². The molecule has 0 spiro atoms. The summed E-state index contributed by atoms with van der Waals surface area (Å²) in [5.41, 5.74) is 2.48. The molecule has 1 aliphatic rings. The highest BCUT2D eigenvalue weighted by atomic mass is 32.2. The lowest BCUT2D eigenvalue weighted by Gasteiger charge is -2.20. The number of benzene rings is 3. The number of anilines is 1. The maximum atomic E-state index is 13.3. The molecule has 0 saturated heterocycles. The molecule has 0 fully saturated rings. The smallest absolute Gasteiger partial charge is 0.262 e. The van der Waals surface area contributed by atoms with E-state index in [-0.39, 0.29) is 16.6 Å². The van der Waals surface area contributed by atoms with Gasteiger partial charge in [-0.3, -0.25) is 4.79 Å². The fourth-order valence-corrected chi connectivity index (χ4v) is 6.18. The van der Waals surface area contributed by atoms with Crippen LogP contribution in [0, 0.1) is 0 Å². The second kappa shape index (κ2) is 10.1. The van der Waals surface area contributed by atoms with Crippen LogP contribution in [-0.4, -0.2) is 49.2 Å². The number of tetrazole rings is 1. The highest BCUT2D eigenvalue weighted by Crippen LogP contribution is 2.41. The van der Waals surface area contributed by atoms with E-state index < -0.39 is 9.84 Å². The molecule has 0 bridgehead atoms. The van der Waals surface area contributed by atoms with E-state index in [9.17, 15) is 13.2 Å². The van der Waals surface area contributed by atoms with Gasteiger partial charge >= 0.3 is 0 Å². The van der Waals surface area contributed by atoms with Crippen LogP contribution in [0.1, 0.15) is 11.1 Å². The summed E-state index contributed by atoms with van der Waals surface area (Å²) >= 11 is 1.27. The van der Waals surface area contributed by atoms with E-state index in [4.69, 9.17) is 9.47 Å². The maximum Gasteiger partial charge on any atom is 0.262 e. The Morgan fingerprint density at radius 1 is 1.00 bits per heavy atom. The zero-order chi connectivity index (χ0) is 26.0. The van der Waals surface area contributed by atoms with Gasteiger partial charge in [-0.25, -0.2) is 8.42 Å². The number of ether oxygens (including phenoxy) is 2. The molecule has 12 heteroatoms. The summed E-state index contributed by atoms with van der Waals surface area (Å²) in [7, 11) is -0.814. The molecule has 2 N–H and O–H groups in total. The quantitative estimate of drug-likeness (QED) is 0.337. The van der Waals surface area contributed by atoms with Crippen molar-refractivity contribution in [3.05, 3.63) is 76.7 Å². The number of H-pyrrole nitrogens is 1. The monoisotopic (exact) mass is 535 g/mol. The third kappa shape index (κ3) is 5.06. The number of nitrogens with zero attached hydrogens (tertiary/aromatic N) is 3. The van der Waals surface area contributed by atoms with Gasteiger partial charge in [0.1, 0.15) is 11.5 Å². The first-order valence-corrected chi connectivity index (χ1v) is 13.5. The molecule has 2 heterocycles. The number of aromatic nitrogens is 4. The summed E-state index contributed by atoms with van der Waals surface area (Å²) in [6, 6.07) is 17.2. The number of hydrogen-bond donors (Lipinski definition) is 2. The minimum Gasteiger partial charge on any atom is -0.496 e. The van der Waals surface area contributed by atoms with E-state index in [0.29, 0.717) is 33.5 Å². The number of sulfone groups is 1. The van der Waals surface area contributed by atoms with Crippen molar-refractivity contribution in [3.63, 3.8) is 0 Å². The number of carbonyl (C=O) groups excluding carboxylic acids is 1. The van der Waals surface area contributed by atoms with Crippen LogP contribution in [-0.2, 0) is 20.4 Å². The van der Waals surface area contributed by atoms with E-state index in [1.807, 2.05) is 24.3 Å². The Morgan fingerprint density at radius 3 is 2.38 bits per heavy atom. The first-order chi connectivity index (χ1) is 17.9. The molecule has 0 atom stereocenters. The Hall–Kier alpha value is -4.16. The Labute approximate surface area is 217 Å². The molecule has 0 unspecified atom stereocenters. The predicted molar refractivity (Wildman–Crippen MR) is 139 cm³/mol. The number of fused-ring (bicyclic) bond motifs is 1. The van der Waals surface area contributed by atoms with E-state index in [2.05, 4.69) is 25.9 Å². The van der Waals surface area contributed by atoms with Gasteiger partial charge in [0.25, 0.3) is 5.91 Å². The predicted octanol–water partition coefficient (Wildman–Crippen LogP) is 3.94. The first kappa shape index (κ1) is 24.5. The highest BCUT2D eigenvalue weighted by Gasteiger charge is 2.26. The third-order valence-electron chi connectivity index (χ3n) is 5.68. The normalized spacial score (nSPS) is 14.2. The van der Waals surface area contributed by atoms with Crippen molar-refractivity contribution in [1.82, 2.24) is 20.6 Å². The molecule has 37 heavy (non-hydrogen) atoms. The maximum absolute atomic E-state index is 13.3. The van der Waals surface area contributed by atoms with E-state index in [0.717, 1.165) is 16.0 Å². The standard InChI is InChI=1S/C25H21N5O5S2/c1-34-20-4-3-5-21(35-2)18(20)14-37(32,33)17-10-11-22-19(13-17)26-25(31)23(36-22)12-15-6-8-16(9-7-15)24-27-29-30-28-24/h3-13H,14H2,1-2H3,(H,26,31)(H,27,28,29,30)/b23-12-. The molecule has 3 aromatic carbocycles. The summed E-state index contributed by atoms with van der Waals surface area (Å²) in [4.78, 5) is 14.1. The van der Waals surface area contributed by atoms with Crippen molar-refractivity contribution in [3.8, 4) is 22.9 Å². The molecule has 1 amide bonds. The minimum atomic E-state index is -3.77. The number of aromatic amines is 1. The SMILES string of the molecule is COc1cccc(OC)c1CS(=O)(=O)c1ccc2c(c1)NC(=O)/C(=C/c1ccc(-c3nn[nH]n3)cc1)S2. The number of nitrogens with one attached hydrogen (secondary N) is 2. The Kier molecular flexibility index (Phi) is 6.68. The van der Waals surface area contributed by atoms with Gasteiger partial charge in [-0.1, -0.05) is 42.1 Å². The second-order valence-electron chi connectivity index (χ2n) is 7.98. The van der Waals surface area contributed by atoms with Gasteiger partial charge in [0.15, 0.2) is 9.84 Å². The van der Waals surface area contributed by atoms with Crippen molar-refractivity contribution in [2.24, 2.45) is 0 Å². The van der Waals surface area contributed by atoms with Crippen molar-refractivity contribution >= 4 is 39.3 Å². The number of carbonyl (C=O) groups is 1. The van der Waals surface area contributed by atoms with Gasteiger partial charge in [0, 0.05) is 10.5 Å². The number of rotatable bonds is 7. The lowest BCUT2D eigenvalue weighted by atomic mass is 10.1. The number of thioether (sulfide) groups is 1. The van der Waals surface area contributed by atoms with Gasteiger partial charge in [0.2, 0.25) is 5.82 Å². The van der Waals surface area contributed by atoms with Gasteiger partial charge in [0.05, 0.1) is 41.0 Å². The number of hydrogen-bond acceptors (Lipinski definition) is 9. The Balaban J connectivity index is 1.38. The van der Waals surface area contributed by atoms with Crippen molar-refractivity contribution < 1.29 is 22.7 Å². The highest BCUT2D eigenvalue weighted by molar-refractivity contribution is 8.04. The van der Waals surface area contributed by atoms with E-state index >= 15 is 0 Å². The average Bonchev–Trinajstić information content (AvgIpc) is 3.44. The minimum absolute atomic E-state index is 0.0876. The van der Waals surface area contributed by atoms with Gasteiger partial charge in [-0.15, -0.1) is 10.2 Å². The van der Waals surface area contributed by atoms with Crippen LogP contribution in [0.15, 0.2) is 75.4 Å². The van der Waals surface area contributed by atoms with Crippen molar-refractivity contribution in [2.45, 2.75) is 15.5 Å². The van der Waals surface area contributed by atoms with E-state index in [1.54, 1.807) is 30.3 Å². The van der Waals surface area contributed by atoms with Crippen molar-refractivity contribution in [2.75, 3.05) is 19.5 Å². The van der Waals surface area contributed by atoms with Crippen LogP contribution in [0.25, 0.3) is 17.5 Å². The molecule has 0 radical (unpaired) electrons. The molecular weight excluding hydrogens is 514 g/mol. The third-order valence-corrected chi connectivity index (χ3v) is 8.42. The summed E-state index contributed by atoms with van der Waals surface area (Å²) in [6.07, 6.45) is 1.77. The van der Waals surface area contributed by atoms with Gasteiger partial charge in [-0.2, -0.15) is 5.21 Å². The first-order valence-electron chi connectivity index (χ1n) is 11.0. The van der Waals surface area contributed by atoms with Crippen LogP contribution < -0.4 is 14.8 Å². The fourth-order valence-electron chi connectivity index (χ4n) is 3.84. The lowest BCUT2D eigenvalue weighted by Crippen LogP contribution is -2.18. The summed E-state index contributed by atoms with van der Waals surface area (Å²) in [6.45, 7) is 0. The zero-order valence-corrected chi connectivity index (χ0v) is 21.4. The molecule has 1 aromatic heterocycles. The lowest BCUT2D eigenvalue weighted by molar-refractivity contribution is -0.112. The average molecular weight is 536 g/mol. The largest absolute Gasteiger partial charge is 0.496 e. The second-order valence-corrected chi connectivity index (χ2v) is 11.1. The van der Waals surface area contributed by atoms with Crippen LogP contribution in [0.4, 0.5) is 5.69 Å². The van der Waals surface area contributed by atoms with E-state index in [1.165, 1.54) is 38.1 Å². The van der Waals surface area contributed by atoms with Crippen LogP contribution >= 0.6 is 11.8 Å². The van der Waals surface area contributed by atoms with Gasteiger partial charge in [-0.05, 0) is 47.2 Å².